The highest BCUT2D eigenvalue weighted by molar-refractivity contribution is 5.72. The number of nitrogen functional groups attached to an aromatic ring is 2. The van der Waals surface area contributed by atoms with Gasteiger partial charge in [-0.25, -0.2) is 0 Å². The first-order valence-corrected chi connectivity index (χ1v) is 6.22. The van der Waals surface area contributed by atoms with Crippen LogP contribution in [0, 0.1) is 0 Å². The molecule has 3 aliphatic carbocycles. The average Bonchev–Trinajstić information content (AvgIpc) is 2.40. The molecule has 4 N–H and O–H groups in total. The molecule has 0 heterocycles. The van der Waals surface area contributed by atoms with Gasteiger partial charge in [-0.3, -0.25) is 0 Å². The van der Waals surface area contributed by atoms with E-state index in [9.17, 15) is 0 Å². The third-order valence-corrected chi connectivity index (χ3v) is 4.14. The summed E-state index contributed by atoms with van der Waals surface area (Å²) < 4.78 is 0. The van der Waals surface area contributed by atoms with Crippen molar-refractivity contribution in [2.24, 2.45) is 0 Å². The Morgan fingerprint density at radius 3 is 1.56 bits per heavy atom. The molecule has 2 aromatic rings. The fourth-order valence-electron chi connectivity index (χ4n) is 3.40. The van der Waals surface area contributed by atoms with Gasteiger partial charge in [0.2, 0.25) is 0 Å². The van der Waals surface area contributed by atoms with Crippen molar-refractivity contribution in [2.75, 3.05) is 11.5 Å². The Hall–Kier alpha value is -2.22. The SMILES string of the molecule is Nc1cccc2c1C1C=CC2c2c(N)cccc21. The van der Waals surface area contributed by atoms with E-state index in [4.69, 9.17) is 11.5 Å². The van der Waals surface area contributed by atoms with Crippen molar-refractivity contribution < 1.29 is 0 Å². The molecule has 0 fully saturated rings. The van der Waals surface area contributed by atoms with Crippen molar-refractivity contribution in [1.82, 2.24) is 0 Å². The minimum absolute atomic E-state index is 0.268. The Kier molecular flexibility index (Phi) is 1.72. The third-order valence-electron chi connectivity index (χ3n) is 4.14. The van der Waals surface area contributed by atoms with Gasteiger partial charge in [-0.05, 0) is 34.4 Å². The number of anilines is 2. The van der Waals surface area contributed by atoms with Gasteiger partial charge in [-0.2, -0.15) is 0 Å². The summed E-state index contributed by atoms with van der Waals surface area (Å²) >= 11 is 0. The van der Waals surface area contributed by atoms with Crippen LogP contribution < -0.4 is 11.5 Å². The molecule has 2 atom stereocenters. The largest absolute Gasteiger partial charge is 0.398 e. The zero-order valence-electron chi connectivity index (χ0n) is 9.93. The fraction of sp³-hybridized carbons (Fsp3) is 0.125. The van der Waals surface area contributed by atoms with E-state index >= 15 is 0 Å². The van der Waals surface area contributed by atoms with Crippen molar-refractivity contribution in [3.05, 3.63) is 70.8 Å². The van der Waals surface area contributed by atoms with Crippen molar-refractivity contribution in [3.63, 3.8) is 0 Å². The van der Waals surface area contributed by atoms with Crippen molar-refractivity contribution in [1.29, 1.82) is 0 Å². The number of hydrogen-bond donors (Lipinski definition) is 2. The second kappa shape index (κ2) is 3.16. The van der Waals surface area contributed by atoms with Gasteiger partial charge in [0.05, 0.1) is 0 Å². The lowest BCUT2D eigenvalue weighted by Crippen LogP contribution is -2.23. The lowest BCUT2D eigenvalue weighted by Gasteiger charge is -2.37. The van der Waals surface area contributed by atoms with Crippen LogP contribution in [-0.2, 0) is 0 Å². The molecular formula is C16H14N2. The van der Waals surface area contributed by atoms with Crippen LogP contribution in [0.3, 0.4) is 0 Å². The van der Waals surface area contributed by atoms with E-state index in [1.54, 1.807) is 0 Å². The Morgan fingerprint density at radius 2 is 1.11 bits per heavy atom. The molecule has 88 valence electrons. The number of allylic oxidation sites excluding steroid dienone is 2. The summed E-state index contributed by atoms with van der Waals surface area (Å²) in [7, 11) is 0. The molecule has 18 heavy (non-hydrogen) atoms. The highest BCUT2D eigenvalue weighted by Crippen LogP contribution is 2.51. The van der Waals surface area contributed by atoms with Gasteiger partial charge in [0.1, 0.15) is 0 Å². The predicted molar refractivity (Wildman–Crippen MR) is 74.5 cm³/mol. The molecule has 0 aromatic heterocycles. The van der Waals surface area contributed by atoms with Crippen LogP contribution in [0.25, 0.3) is 0 Å². The molecule has 3 aliphatic rings. The van der Waals surface area contributed by atoms with E-state index in [2.05, 4.69) is 24.3 Å². The van der Waals surface area contributed by atoms with Gasteiger partial charge >= 0.3 is 0 Å². The van der Waals surface area contributed by atoms with Gasteiger partial charge in [0.15, 0.2) is 0 Å². The number of benzene rings is 2. The molecule has 2 aromatic carbocycles. The van der Waals surface area contributed by atoms with Crippen LogP contribution >= 0.6 is 0 Å². The summed E-state index contributed by atoms with van der Waals surface area (Å²) in [5, 5.41) is 0. The Bertz CT molecular complexity index is 626. The standard InChI is InChI=1S/C16H14N2/c17-13-5-1-3-9-11-7-8-12(15(9)13)10-4-2-6-14(18)16(10)11/h1-8,11-12H,17-18H2. The zero-order valence-corrected chi connectivity index (χ0v) is 9.93. The molecule has 0 amide bonds. The Balaban J connectivity index is 2.08. The zero-order chi connectivity index (χ0) is 12.3. The van der Waals surface area contributed by atoms with Crippen LogP contribution in [0.4, 0.5) is 11.4 Å². The summed E-state index contributed by atoms with van der Waals surface area (Å²) in [5.41, 5.74) is 19.3. The molecular weight excluding hydrogens is 220 g/mol. The lowest BCUT2D eigenvalue weighted by molar-refractivity contribution is 0.816. The van der Waals surface area contributed by atoms with E-state index in [-0.39, 0.29) is 11.8 Å². The third kappa shape index (κ3) is 1.03. The van der Waals surface area contributed by atoms with E-state index in [0.29, 0.717) is 0 Å². The maximum atomic E-state index is 6.16. The number of hydrogen-bond acceptors (Lipinski definition) is 2. The first-order chi connectivity index (χ1) is 8.77. The lowest BCUT2D eigenvalue weighted by atomic mass is 9.67. The smallest absolute Gasteiger partial charge is 0.0359 e. The maximum absolute atomic E-state index is 6.16. The van der Waals surface area contributed by atoms with E-state index in [1.807, 2.05) is 24.3 Å². The summed E-state index contributed by atoms with van der Waals surface area (Å²) in [6, 6.07) is 12.4. The second-order valence-electron chi connectivity index (χ2n) is 5.04. The van der Waals surface area contributed by atoms with Crippen LogP contribution in [0.5, 0.6) is 0 Å². The predicted octanol–water partition coefficient (Wildman–Crippen LogP) is 3.00. The van der Waals surface area contributed by atoms with Gasteiger partial charge in [0, 0.05) is 23.2 Å². The highest BCUT2D eigenvalue weighted by atomic mass is 14.6. The van der Waals surface area contributed by atoms with Crippen LogP contribution in [0.1, 0.15) is 34.1 Å². The number of nitrogens with two attached hydrogens (primary N) is 2. The number of rotatable bonds is 0. The van der Waals surface area contributed by atoms with Crippen molar-refractivity contribution in [2.45, 2.75) is 11.8 Å². The van der Waals surface area contributed by atoms with Crippen LogP contribution in [-0.4, -0.2) is 0 Å². The van der Waals surface area contributed by atoms with Crippen molar-refractivity contribution >= 4 is 11.4 Å². The second-order valence-corrected chi connectivity index (χ2v) is 5.04. The molecule has 2 nitrogen and oxygen atoms in total. The normalized spacial score (nSPS) is 22.7. The van der Waals surface area contributed by atoms with Crippen LogP contribution in [0.2, 0.25) is 0 Å². The molecule has 2 heteroatoms. The van der Waals surface area contributed by atoms with E-state index < -0.39 is 0 Å². The Labute approximate surface area is 106 Å². The molecule has 0 radical (unpaired) electrons. The minimum atomic E-state index is 0.268. The summed E-state index contributed by atoms with van der Waals surface area (Å²) in [4.78, 5) is 0. The van der Waals surface area contributed by atoms with Gasteiger partial charge < -0.3 is 11.5 Å². The molecule has 5 rings (SSSR count). The molecule has 0 saturated carbocycles. The first-order valence-electron chi connectivity index (χ1n) is 6.22. The molecule has 2 unspecified atom stereocenters. The highest BCUT2D eigenvalue weighted by Gasteiger charge is 2.35. The van der Waals surface area contributed by atoms with Gasteiger partial charge in [0.25, 0.3) is 0 Å². The first kappa shape index (κ1) is 9.77. The van der Waals surface area contributed by atoms with E-state index in [0.717, 1.165) is 11.4 Å². The summed E-state index contributed by atoms with van der Waals surface area (Å²) in [5.74, 6) is 0.536. The molecule has 0 saturated heterocycles. The van der Waals surface area contributed by atoms with E-state index in [1.165, 1.54) is 22.3 Å². The fourth-order valence-corrected chi connectivity index (χ4v) is 3.40. The topological polar surface area (TPSA) is 52.0 Å². The Morgan fingerprint density at radius 1 is 0.667 bits per heavy atom. The minimum Gasteiger partial charge on any atom is -0.398 e. The molecule has 2 bridgehead atoms. The van der Waals surface area contributed by atoms with Gasteiger partial charge in [-0.1, -0.05) is 36.4 Å². The van der Waals surface area contributed by atoms with Crippen LogP contribution in [0.15, 0.2) is 48.6 Å². The average molecular weight is 234 g/mol. The summed E-state index contributed by atoms with van der Waals surface area (Å²) in [6.07, 6.45) is 4.51. The van der Waals surface area contributed by atoms with Crippen molar-refractivity contribution in [3.8, 4) is 0 Å². The maximum Gasteiger partial charge on any atom is 0.0359 e. The monoisotopic (exact) mass is 234 g/mol. The summed E-state index contributed by atoms with van der Waals surface area (Å²) in [6.45, 7) is 0. The quantitative estimate of drug-likeness (QED) is 0.544. The van der Waals surface area contributed by atoms with Gasteiger partial charge in [-0.15, -0.1) is 0 Å². The molecule has 0 aliphatic heterocycles. The molecule has 0 spiro atoms.